The Hall–Kier alpha value is -0.441. The van der Waals surface area contributed by atoms with Crippen molar-refractivity contribution in [2.75, 3.05) is 13.1 Å². The smallest absolute Gasteiger partial charge is 0.466 e. The topological polar surface area (TPSA) is 52.9 Å². The molecule has 0 spiro atoms. The van der Waals surface area contributed by atoms with Crippen LogP contribution in [0.25, 0.3) is 10.6 Å². The molecule has 0 atom stereocenters. The fraction of sp³-hybridized carbons (Fsp3) is 0.875. The van der Waals surface area contributed by atoms with Crippen molar-refractivity contribution in [3.63, 3.8) is 0 Å². The second-order valence-corrected chi connectivity index (χ2v) is 5.85. The molecule has 0 aliphatic carbocycles. The van der Waals surface area contributed by atoms with Gasteiger partial charge in [-0.25, -0.2) is 0 Å². The van der Waals surface area contributed by atoms with Crippen LogP contribution in [0.5, 0.6) is 0 Å². The number of alkyl halides is 6. The summed E-state index contributed by atoms with van der Waals surface area (Å²) < 4.78 is 70.4. The van der Waals surface area contributed by atoms with Gasteiger partial charge in [0.2, 0.25) is 0 Å². The first-order valence-electron chi connectivity index (χ1n) is 8.32. The Morgan fingerprint density at radius 3 is 1.07 bits per heavy atom. The molecule has 0 unspecified atom stereocenters. The Labute approximate surface area is 184 Å². The van der Waals surface area contributed by atoms with Crippen LogP contribution in [0.4, 0.5) is 26.3 Å². The zero-order valence-electron chi connectivity index (χ0n) is 16.6. The SMILES string of the molecule is CCC(=NC(C)C)[N-]CC(F)(F)F.CCC(=NC(C)C)[N-]CC(F)(F)F.[Cu+].[Cu+]. The summed E-state index contributed by atoms with van der Waals surface area (Å²) in [6, 6.07) is -0.0149. The van der Waals surface area contributed by atoms with E-state index in [9.17, 15) is 26.3 Å². The van der Waals surface area contributed by atoms with Crippen molar-refractivity contribution in [1.82, 2.24) is 0 Å². The maximum Gasteiger partial charge on any atom is 1.00 e. The summed E-state index contributed by atoms with van der Waals surface area (Å²) in [6.45, 7) is 8.43. The molecule has 0 aromatic rings. The van der Waals surface area contributed by atoms with Crippen molar-refractivity contribution in [2.45, 2.75) is 78.8 Å². The molecule has 0 saturated carbocycles. The molecule has 4 nitrogen and oxygen atoms in total. The van der Waals surface area contributed by atoms with E-state index < -0.39 is 25.4 Å². The molecule has 0 amide bonds. The van der Waals surface area contributed by atoms with Gasteiger partial charge in [-0.05, 0) is 24.9 Å². The minimum absolute atomic E-state index is 0. The predicted octanol–water partition coefficient (Wildman–Crippen LogP) is 6.27. The van der Waals surface area contributed by atoms with Crippen molar-refractivity contribution in [1.29, 1.82) is 0 Å². The molecule has 0 bridgehead atoms. The summed E-state index contributed by atoms with van der Waals surface area (Å²) in [5, 5.41) is 6.76. The zero-order chi connectivity index (χ0) is 21.0. The summed E-state index contributed by atoms with van der Waals surface area (Å²) in [5.74, 6) is 0.569. The first kappa shape index (κ1) is 35.0. The van der Waals surface area contributed by atoms with E-state index >= 15 is 0 Å². The van der Waals surface area contributed by atoms with Crippen LogP contribution in [-0.4, -0.2) is 49.2 Å². The summed E-state index contributed by atoms with van der Waals surface area (Å²) in [5.41, 5.74) is 0. The Morgan fingerprint density at radius 1 is 0.679 bits per heavy atom. The van der Waals surface area contributed by atoms with Crippen LogP contribution in [0, 0.1) is 0 Å². The Kier molecular flexibility index (Phi) is 21.8. The summed E-state index contributed by atoms with van der Waals surface area (Å²) >= 11 is 0. The number of amidine groups is 2. The molecule has 0 heterocycles. The fourth-order valence-corrected chi connectivity index (χ4v) is 1.45. The Bertz CT molecular complexity index is 396. The van der Waals surface area contributed by atoms with Gasteiger partial charge in [0.1, 0.15) is 0 Å². The molecule has 176 valence electrons. The number of hydrogen-bond acceptors (Lipinski definition) is 2. The van der Waals surface area contributed by atoms with Crippen molar-refractivity contribution in [3.8, 4) is 0 Å². The zero-order valence-corrected chi connectivity index (χ0v) is 18.5. The molecule has 28 heavy (non-hydrogen) atoms. The van der Waals surface area contributed by atoms with E-state index in [4.69, 9.17) is 0 Å². The molecule has 0 aromatic carbocycles. The van der Waals surface area contributed by atoms with Crippen LogP contribution in [0.3, 0.4) is 0 Å². The van der Waals surface area contributed by atoms with E-state index in [0.29, 0.717) is 12.8 Å². The minimum Gasteiger partial charge on any atom is -0.466 e. The molecule has 0 saturated heterocycles. The summed E-state index contributed by atoms with van der Waals surface area (Å²) in [7, 11) is 0. The fourth-order valence-electron chi connectivity index (χ4n) is 1.45. The van der Waals surface area contributed by atoms with Gasteiger partial charge in [0.25, 0.3) is 0 Å². The van der Waals surface area contributed by atoms with Gasteiger partial charge >= 0.3 is 46.5 Å². The van der Waals surface area contributed by atoms with E-state index in [1.54, 1.807) is 41.5 Å². The van der Waals surface area contributed by atoms with Crippen LogP contribution in [0.15, 0.2) is 9.98 Å². The van der Waals surface area contributed by atoms with Crippen LogP contribution in [0.1, 0.15) is 54.4 Å². The van der Waals surface area contributed by atoms with Gasteiger partial charge in [-0.2, -0.15) is 26.3 Å². The molecule has 0 aliphatic heterocycles. The second kappa shape index (κ2) is 17.4. The van der Waals surface area contributed by atoms with Gasteiger partial charge in [-0.1, -0.05) is 53.2 Å². The van der Waals surface area contributed by atoms with E-state index in [1.807, 2.05) is 0 Å². The molecule has 12 heteroatoms. The minimum atomic E-state index is -4.23. The van der Waals surface area contributed by atoms with Gasteiger partial charge < -0.3 is 20.6 Å². The molecular formula is C16H28Cu2F6N4. The third-order valence-corrected chi connectivity index (χ3v) is 2.33. The van der Waals surface area contributed by atoms with E-state index in [0.717, 1.165) is 0 Å². The van der Waals surface area contributed by atoms with Gasteiger partial charge in [0, 0.05) is 13.1 Å². The van der Waals surface area contributed by atoms with Crippen LogP contribution < -0.4 is 0 Å². The first-order chi connectivity index (χ1) is 11.7. The number of halogens is 6. The second-order valence-electron chi connectivity index (χ2n) is 5.85. The van der Waals surface area contributed by atoms with Crippen molar-refractivity contribution < 1.29 is 60.5 Å². The number of rotatable bonds is 6. The normalized spacial score (nSPS) is 12.6. The quantitative estimate of drug-likeness (QED) is 0.173. The average molecular weight is 518 g/mol. The van der Waals surface area contributed by atoms with E-state index in [-0.39, 0.29) is 57.9 Å². The Balaban J connectivity index is -0.000000192. The van der Waals surface area contributed by atoms with Crippen LogP contribution in [-0.2, 0) is 34.1 Å². The van der Waals surface area contributed by atoms with Crippen molar-refractivity contribution in [3.05, 3.63) is 10.6 Å². The van der Waals surface area contributed by atoms with Gasteiger partial charge in [-0.15, -0.1) is 0 Å². The van der Waals surface area contributed by atoms with E-state index in [2.05, 4.69) is 20.6 Å². The van der Waals surface area contributed by atoms with Crippen LogP contribution in [0.2, 0.25) is 0 Å². The molecule has 0 aliphatic rings. The van der Waals surface area contributed by atoms with Gasteiger partial charge in [0.15, 0.2) is 0 Å². The largest absolute Gasteiger partial charge is 1.00 e. The monoisotopic (exact) mass is 516 g/mol. The number of hydrogen-bond donors (Lipinski definition) is 0. The molecular weight excluding hydrogens is 489 g/mol. The standard InChI is InChI=1S/2C8H14F3N2.2Cu/c2*1-4-7(13-6(2)3)12-5-8(9,10)11;;/h2*6H,4-5H2,1-3H3;;/q2*-1;2*+1. The summed E-state index contributed by atoms with van der Waals surface area (Å²) in [4.78, 5) is 7.90. The molecule has 0 radical (unpaired) electrons. The maximum absolute atomic E-state index is 11.7. The average Bonchev–Trinajstić information content (AvgIpc) is 2.46. The molecule has 0 fully saturated rings. The van der Waals surface area contributed by atoms with Crippen molar-refractivity contribution >= 4 is 11.7 Å². The van der Waals surface area contributed by atoms with Gasteiger partial charge in [0.05, 0.1) is 0 Å². The molecule has 0 N–H and O–H groups in total. The number of aliphatic imine (C=N–C) groups is 2. The predicted molar refractivity (Wildman–Crippen MR) is 94.3 cm³/mol. The molecule has 0 aromatic heterocycles. The molecule has 0 rings (SSSR count). The maximum atomic E-state index is 11.7. The third-order valence-electron chi connectivity index (χ3n) is 2.33. The Morgan fingerprint density at radius 2 is 0.929 bits per heavy atom. The number of nitrogens with zero attached hydrogens (tertiary/aromatic N) is 4. The van der Waals surface area contributed by atoms with Gasteiger partial charge in [-0.3, -0.25) is 0 Å². The van der Waals surface area contributed by atoms with Crippen molar-refractivity contribution in [2.24, 2.45) is 9.98 Å². The van der Waals surface area contributed by atoms with E-state index in [1.165, 1.54) is 0 Å². The third kappa shape index (κ3) is 27.8. The summed E-state index contributed by atoms with van der Waals surface area (Å²) in [6.07, 6.45) is -7.58. The first-order valence-corrected chi connectivity index (χ1v) is 8.32. The van der Waals surface area contributed by atoms with Crippen LogP contribution >= 0.6 is 0 Å².